The number of aromatic nitrogens is 2. The van der Waals surface area contributed by atoms with E-state index in [9.17, 15) is 4.79 Å². The summed E-state index contributed by atoms with van der Waals surface area (Å²) in [6.07, 6.45) is 3.79. The van der Waals surface area contributed by atoms with Crippen molar-refractivity contribution >= 4 is 29.0 Å². The molecule has 0 amide bonds. The Bertz CT molecular complexity index is 1690. The minimum atomic E-state index is -0.375. The van der Waals surface area contributed by atoms with Gasteiger partial charge in [-0.1, -0.05) is 6.07 Å². The Morgan fingerprint density at radius 1 is 0.810 bits per heavy atom. The topological polar surface area (TPSA) is 77.9 Å². The van der Waals surface area contributed by atoms with E-state index in [1.165, 1.54) is 7.11 Å². The number of carbonyl (C=O) groups excluding carboxylic acids is 1. The summed E-state index contributed by atoms with van der Waals surface area (Å²) in [5.74, 6) is 1.81. The monoisotopic (exact) mass is 576 g/mol. The molecule has 2 atom stereocenters. The largest absolute Gasteiger partial charge is 0.497 e. The van der Waals surface area contributed by atoms with E-state index in [0.717, 1.165) is 28.5 Å². The molecule has 3 heterocycles. The van der Waals surface area contributed by atoms with E-state index in [1.54, 1.807) is 25.4 Å². The van der Waals surface area contributed by atoms with E-state index < -0.39 is 0 Å². The van der Waals surface area contributed by atoms with E-state index >= 15 is 0 Å². The Hall–Kier alpha value is -5.15. The summed E-state index contributed by atoms with van der Waals surface area (Å²) in [7, 11) is 3.01. The molecule has 0 radical (unpaired) electrons. The third-order valence-electron chi connectivity index (χ3n) is 7.16. The molecule has 1 N–H and O–H groups in total. The third-order valence-corrected chi connectivity index (χ3v) is 7.47. The minimum Gasteiger partial charge on any atom is -0.497 e. The normalized spacial score (nSPS) is 16.1. The van der Waals surface area contributed by atoms with E-state index in [1.807, 2.05) is 91.1 Å². The minimum absolute atomic E-state index is 0.211. The molecule has 42 heavy (non-hydrogen) atoms. The van der Waals surface area contributed by atoms with Gasteiger partial charge in [0.2, 0.25) is 0 Å². The van der Waals surface area contributed by atoms with Gasteiger partial charge >= 0.3 is 5.97 Å². The first-order valence-electron chi connectivity index (χ1n) is 13.3. The van der Waals surface area contributed by atoms with Crippen molar-refractivity contribution in [3.63, 3.8) is 0 Å². The second kappa shape index (κ2) is 11.8. The van der Waals surface area contributed by atoms with Crippen LogP contribution in [-0.2, 0) is 4.74 Å². The lowest BCUT2D eigenvalue weighted by atomic mass is 10.0. The number of nitrogens with zero attached hydrogens (tertiary/aromatic N) is 3. The second-order valence-electron chi connectivity index (χ2n) is 9.61. The number of methoxy groups -OCH3 is 2. The molecule has 210 valence electrons. The number of pyridine rings is 1. The summed E-state index contributed by atoms with van der Waals surface area (Å²) < 4.78 is 18.3. The standard InChI is InChI=1S/C33H28N4O4S/c1-39-25-16-18-27(19-17-25)41-26-14-12-24(13-15-26)37-31(30(35-33(37)42)28-6-3-4-20-34-28)29-7-5-21-36(29)23-10-8-22(9-11-23)32(38)40-2/h3-21,30-31H,1-2H3,(H,35,42)/t30-,31+/m1/s1. The van der Waals surface area contributed by atoms with Gasteiger partial charge in [-0.25, -0.2) is 4.79 Å². The van der Waals surface area contributed by atoms with Crippen LogP contribution in [0.15, 0.2) is 116 Å². The Kier molecular flexibility index (Phi) is 7.57. The maximum Gasteiger partial charge on any atom is 0.337 e. The quantitative estimate of drug-likeness (QED) is 0.163. The molecule has 3 aromatic carbocycles. The van der Waals surface area contributed by atoms with Crippen LogP contribution in [0.1, 0.15) is 33.8 Å². The molecule has 1 aliphatic heterocycles. The molecule has 8 nitrogen and oxygen atoms in total. The van der Waals surface area contributed by atoms with Crippen LogP contribution >= 0.6 is 12.2 Å². The summed E-state index contributed by atoms with van der Waals surface area (Å²) in [4.78, 5) is 18.8. The molecule has 1 aliphatic rings. The summed E-state index contributed by atoms with van der Waals surface area (Å²) in [5.41, 5.74) is 4.18. The number of hydrogen-bond donors (Lipinski definition) is 1. The van der Waals surface area contributed by atoms with Crippen LogP contribution in [0.5, 0.6) is 17.2 Å². The van der Waals surface area contributed by atoms with Gasteiger partial charge in [0, 0.05) is 29.5 Å². The predicted octanol–water partition coefficient (Wildman–Crippen LogP) is 6.64. The molecule has 0 unspecified atom stereocenters. The van der Waals surface area contributed by atoms with E-state index in [0.29, 0.717) is 22.2 Å². The van der Waals surface area contributed by atoms with Crippen LogP contribution in [0.4, 0.5) is 5.69 Å². The highest BCUT2D eigenvalue weighted by atomic mass is 32.1. The fraction of sp³-hybridized carbons (Fsp3) is 0.121. The maximum atomic E-state index is 12.0. The van der Waals surface area contributed by atoms with Crippen LogP contribution in [0.3, 0.4) is 0 Å². The van der Waals surface area contributed by atoms with Crippen LogP contribution < -0.4 is 19.7 Å². The zero-order valence-corrected chi connectivity index (χ0v) is 23.8. The van der Waals surface area contributed by atoms with Crippen molar-refractivity contribution in [3.8, 4) is 22.9 Å². The SMILES string of the molecule is COC(=O)c1ccc(-n2cccc2[C@H]2[C@@H](c3ccccn3)NC(=S)N2c2ccc(Oc3ccc(OC)cc3)cc2)cc1. The van der Waals surface area contributed by atoms with Gasteiger partial charge in [-0.3, -0.25) is 4.98 Å². The Balaban J connectivity index is 1.35. The van der Waals surface area contributed by atoms with Crippen molar-refractivity contribution in [2.24, 2.45) is 0 Å². The summed E-state index contributed by atoms with van der Waals surface area (Å²) in [6.45, 7) is 0. The highest BCUT2D eigenvalue weighted by Gasteiger charge is 2.42. The second-order valence-corrected chi connectivity index (χ2v) is 10.00. The van der Waals surface area contributed by atoms with Crippen molar-refractivity contribution in [1.29, 1.82) is 0 Å². The molecule has 1 saturated heterocycles. The number of thiocarbonyl (C=S) groups is 1. The molecule has 0 spiro atoms. The van der Waals surface area contributed by atoms with Crippen molar-refractivity contribution < 1.29 is 19.0 Å². The van der Waals surface area contributed by atoms with E-state index in [2.05, 4.69) is 25.8 Å². The van der Waals surface area contributed by atoms with Gasteiger partial charge in [0.1, 0.15) is 23.3 Å². The molecular weight excluding hydrogens is 548 g/mol. The fourth-order valence-corrected chi connectivity index (χ4v) is 5.48. The molecule has 6 rings (SSSR count). The molecule has 9 heteroatoms. The van der Waals surface area contributed by atoms with Gasteiger partial charge in [0.25, 0.3) is 0 Å². The van der Waals surface area contributed by atoms with Gasteiger partial charge < -0.3 is 29.0 Å². The van der Waals surface area contributed by atoms with Gasteiger partial charge in [-0.05, 0) is 109 Å². The third kappa shape index (κ3) is 5.29. The van der Waals surface area contributed by atoms with Gasteiger partial charge in [0.05, 0.1) is 31.5 Å². The predicted molar refractivity (Wildman–Crippen MR) is 165 cm³/mol. The smallest absolute Gasteiger partial charge is 0.337 e. The summed E-state index contributed by atoms with van der Waals surface area (Å²) >= 11 is 5.91. The van der Waals surface area contributed by atoms with E-state index in [4.69, 9.17) is 26.4 Å². The van der Waals surface area contributed by atoms with Crippen LogP contribution in [0, 0.1) is 0 Å². The maximum absolute atomic E-state index is 12.0. The van der Waals surface area contributed by atoms with Crippen LogP contribution in [0.2, 0.25) is 0 Å². The van der Waals surface area contributed by atoms with Crippen molar-refractivity contribution in [2.75, 3.05) is 19.1 Å². The average molecular weight is 577 g/mol. The van der Waals surface area contributed by atoms with E-state index in [-0.39, 0.29) is 18.1 Å². The van der Waals surface area contributed by atoms with Crippen molar-refractivity contribution in [2.45, 2.75) is 12.1 Å². The van der Waals surface area contributed by atoms with Crippen molar-refractivity contribution in [3.05, 3.63) is 132 Å². The van der Waals surface area contributed by atoms with Crippen molar-refractivity contribution in [1.82, 2.24) is 14.9 Å². The molecule has 5 aromatic rings. The lowest BCUT2D eigenvalue weighted by molar-refractivity contribution is 0.0600. The first-order chi connectivity index (χ1) is 20.6. The van der Waals surface area contributed by atoms with Crippen LogP contribution in [-0.4, -0.2) is 34.9 Å². The molecule has 2 aromatic heterocycles. The highest BCUT2D eigenvalue weighted by molar-refractivity contribution is 7.80. The highest BCUT2D eigenvalue weighted by Crippen LogP contribution is 2.42. The molecular formula is C33H28N4O4S. The Morgan fingerprint density at radius 3 is 2.12 bits per heavy atom. The number of hydrogen-bond acceptors (Lipinski definition) is 6. The average Bonchev–Trinajstić information content (AvgIpc) is 3.66. The zero-order chi connectivity index (χ0) is 29.1. The number of anilines is 1. The lowest BCUT2D eigenvalue weighted by Crippen LogP contribution is -2.30. The molecule has 0 bridgehead atoms. The Morgan fingerprint density at radius 2 is 1.48 bits per heavy atom. The zero-order valence-electron chi connectivity index (χ0n) is 23.0. The number of esters is 1. The van der Waals surface area contributed by atoms with Gasteiger partial charge in [-0.2, -0.15) is 0 Å². The number of carbonyl (C=O) groups is 1. The Labute approximate surface area is 249 Å². The van der Waals surface area contributed by atoms with Gasteiger partial charge in [0.15, 0.2) is 5.11 Å². The first-order valence-corrected chi connectivity index (χ1v) is 13.7. The first kappa shape index (κ1) is 27.0. The molecule has 1 fully saturated rings. The van der Waals surface area contributed by atoms with Crippen LogP contribution in [0.25, 0.3) is 5.69 Å². The summed E-state index contributed by atoms with van der Waals surface area (Å²) in [6, 6.07) is 32.2. The number of ether oxygens (including phenoxy) is 3. The van der Waals surface area contributed by atoms with Gasteiger partial charge in [-0.15, -0.1) is 0 Å². The number of nitrogens with one attached hydrogen (secondary N) is 1. The fourth-order valence-electron chi connectivity index (χ4n) is 5.13. The summed E-state index contributed by atoms with van der Waals surface area (Å²) in [5, 5.41) is 4.10. The lowest BCUT2D eigenvalue weighted by Gasteiger charge is -2.29. The number of rotatable bonds is 8. The molecule has 0 aliphatic carbocycles. The molecule has 0 saturated carbocycles. The number of benzene rings is 3.